The van der Waals surface area contributed by atoms with E-state index in [-0.39, 0.29) is 17.8 Å². The summed E-state index contributed by atoms with van der Waals surface area (Å²) < 4.78 is 4.89. The first-order chi connectivity index (χ1) is 12.3. The first-order valence-corrected chi connectivity index (χ1v) is 8.17. The summed E-state index contributed by atoms with van der Waals surface area (Å²) in [5.74, 6) is -1.32. The number of hydrogen-bond acceptors (Lipinski definition) is 5. The van der Waals surface area contributed by atoms with Gasteiger partial charge in [0.1, 0.15) is 5.69 Å². The van der Waals surface area contributed by atoms with Gasteiger partial charge in [0.2, 0.25) is 0 Å². The minimum absolute atomic E-state index is 0.0723. The molecule has 0 heterocycles. The summed E-state index contributed by atoms with van der Waals surface area (Å²) in [6, 6.07) is 9.11. The number of halogens is 2. The zero-order valence-corrected chi connectivity index (χ0v) is 15.1. The molecule has 9 heteroatoms. The van der Waals surface area contributed by atoms with Crippen LogP contribution in [0.2, 0.25) is 10.0 Å². The molecule has 7 nitrogen and oxygen atoms in total. The molecule has 26 heavy (non-hydrogen) atoms. The van der Waals surface area contributed by atoms with E-state index in [2.05, 4.69) is 5.32 Å². The maximum atomic E-state index is 11.9. The number of esters is 1. The van der Waals surface area contributed by atoms with E-state index in [0.29, 0.717) is 21.2 Å². The Morgan fingerprint density at radius 3 is 2.58 bits per heavy atom. The first-order valence-electron chi connectivity index (χ1n) is 7.41. The van der Waals surface area contributed by atoms with E-state index in [9.17, 15) is 19.7 Å². The number of anilines is 1. The summed E-state index contributed by atoms with van der Waals surface area (Å²) in [6.45, 7) is 1.06. The molecule has 0 radical (unpaired) electrons. The molecule has 0 fully saturated rings. The van der Waals surface area contributed by atoms with Gasteiger partial charge in [-0.1, -0.05) is 41.4 Å². The van der Waals surface area contributed by atoms with Crippen molar-refractivity contribution in [3.8, 4) is 0 Å². The molecule has 1 N–H and O–H groups in total. The van der Waals surface area contributed by atoms with Gasteiger partial charge in [0.15, 0.2) is 6.61 Å². The lowest BCUT2D eigenvalue weighted by Crippen LogP contribution is -2.22. The maximum Gasteiger partial charge on any atom is 0.310 e. The Hall–Kier alpha value is -2.64. The summed E-state index contributed by atoms with van der Waals surface area (Å²) in [5, 5.41) is 14.1. The van der Waals surface area contributed by atoms with E-state index in [1.54, 1.807) is 25.1 Å². The number of carbonyl (C=O) groups is 2. The van der Waals surface area contributed by atoms with Gasteiger partial charge in [-0.2, -0.15) is 0 Å². The van der Waals surface area contributed by atoms with Crippen LogP contribution in [0.4, 0.5) is 11.4 Å². The number of ether oxygens (including phenoxy) is 1. The van der Waals surface area contributed by atoms with Crippen LogP contribution in [0.25, 0.3) is 0 Å². The summed E-state index contributed by atoms with van der Waals surface area (Å²) in [4.78, 5) is 34.2. The number of rotatable bonds is 6. The average molecular weight is 397 g/mol. The molecule has 0 aromatic heterocycles. The minimum Gasteiger partial charge on any atom is -0.455 e. The third-order valence-corrected chi connectivity index (χ3v) is 4.15. The fourth-order valence-corrected chi connectivity index (χ4v) is 2.48. The standard InChI is InChI=1S/C17H14Cl2N2O5/c1-10-3-2-4-14(21(24)25)17(10)20-15(22)9-26-16(23)8-11-5-6-12(18)13(19)7-11/h2-7H,8-9H2,1H3,(H,20,22). The Labute approximate surface area is 159 Å². The molecule has 0 aliphatic carbocycles. The Morgan fingerprint density at radius 2 is 1.92 bits per heavy atom. The van der Waals surface area contributed by atoms with Crippen molar-refractivity contribution in [2.24, 2.45) is 0 Å². The number of para-hydroxylation sites is 1. The van der Waals surface area contributed by atoms with Crippen LogP contribution in [0.1, 0.15) is 11.1 Å². The van der Waals surface area contributed by atoms with Crippen LogP contribution in [0, 0.1) is 17.0 Å². The van der Waals surface area contributed by atoms with Gasteiger partial charge in [-0.25, -0.2) is 0 Å². The van der Waals surface area contributed by atoms with Gasteiger partial charge in [-0.05, 0) is 30.2 Å². The highest BCUT2D eigenvalue weighted by molar-refractivity contribution is 6.42. The zero-order valence-electron chi connectivity index (χ0n) is 13.6. The summed E-state index contributed by atoms with van der Waals surface area (Å²) in [5.41, 5.74) is 0.942. The molecule has 1 amide bonds. The number of nitrogens with zero attached hydrogens (tertiary/aromatic N) is 1. The van der Waals surface area contributed by atoms with Gasteiger partial charge in [-0.3, -0.25) is 19.7 Å². The number of hydrogen-bond donors (Lipinski definition) is 1. The molecule has 136 valence electrons. The molecule has 0 atom stereocenters. The molecule has 0 spiro atoms. The summed E-state index contributed by atoms with van der Waals surface area (Å²) >= 11 is 11.7. The van der Waals surface area contributed by atoms with Crippen molar-refractivity contribution in [1.29, 1.82) is 0 Å². The fourth-order valence-electron chi connectivity index (χ4n) is 2.16. The van der Waals surface area contributed by atoms with Crippen molar-refractivity contribution in [3.05, 3.63) is 67.7 Å². The highest BCUT2D eigenvalue weighted by Crippen LogP contribution is 2.27. The second kappa shape index (κ2) is 8.64. The molecule has 0 bridgehead atoms. The minimum atomic E-state index is -0.676. The molecule has 0 saturated heterocycles. The number of benzene rings is 2. The van der Waals surface area contributed by atoms with Crippen LogP contribution in [0.3, 0.4) is 0 Å². The smallest absolute Gasteiger partial charge is 0.310 e. The van der Waals surface area contributed by atoms with E-state index in [1.165, 1.54) is 18.2 Å². The number of carbonyl (C=O) groups excluding carboxylic acids is 2. The van der Waals surface area contributed by atoms with Crippen LogP contribution in [-0.4, -0.2) is 23.4 Å². The summed E-state index contributed by atoms with van der Waals surface area (Å²) in [6.07, 6.45) is -0.0886. The normalized spacial score (nSPS) is 10.3. The number of nitro benzene ring substituents is 1. The second-order valence-corrected chi connectivity index (χ2v) is 6.17. The van der Waals surface area contributed by atoms with Crippen LogP contribution in [0.15, 0.2) is 36.4 Å². The van der Waals surface area contributed by atoms with Gasteiger partial charge < -0.3 is 10.1 Å². The predicted octanol–water partition coefficient (Wildman–Crippen LogP) is 3.93. The van der Waals surface area contributed by atoms with E-state index in [0.717, 1.165) is 0 Å². The molecule has 0 saturated carbocycles. The lowest BCUT2D eigenvalue weighted by molar-refractivity contribution is -0.384. The fraction of sp³-hybridized carbons (Fsp3) is 0.176. The average Bonchev–Trinajstić information content (AvgIpc) is 2.58. The highest BCUT2D eigenvalue weighted by Gasteiger charge is 2.18. The van der Waals surface area contributed by atoms with Gasteiger partial charge in [0.25, 0.3) is 11.6 Å². The number of amides is 1. The number of aryl methyl sites for hydroxylation is 1. The molecular formula is C17H14Cl2N2O5. The van der Waals surface area contributed by atoms with Crippen molar-refractivity contribution in [2.45, 2.75) is 13.3 Å². The monoisotopic (exact) mass is 396 g/mol. The third-order valence-electron chi connectivity index (χ3n) is 3.41. The molecule has 0 aliphatic heterocycles. The second-order valence-electron chi connectivity index (χ2n) is 5.36. The molecule has 2 rings (SSSR count). The van der Waals surface area contributed by atoms with Crippen LogP contribution >= 0.6 is 23.2 Å². The topological polar surface area (TPSA) is 98.5 Å². The first kappa shape index (κ1) is 19.7. The predicted molar refractivity (Wildman–Crippen MR) is 97.6 cm³/mol. The van der Waals surface area contributed by atoms with Crippen LogP contribution in [0.5, 0.6) is 0 Å². The highest BCUT2D eigenvalue weighted by atomic mass is 35.5. The van der Waals surface area contributed by atoms with E-state index in [1.807, 2.05) is 0 Å². The lowest BCUT2D eigenvalue weighted by Gasteiger charge is -2.09. The Balaban J connectivity index is 1.94. The van der Waals surface area contributed by atoms with Crippen molar-refractivity contribution < 1.29 is 19.2 Å². The Morgan fingerprint density at radius 1 is 1.19 bits per heavy atom. The Kier molecular flexibility index (Phi) is 6.54. The number of nitrogens with one attached hydrogen (secondary N) is 1. The van der Waals surface area contributed by atoms with E-state index in [4.69, 9.17) is 27.9 Å². The molecular weight excluding hydrogens is 383 g/mol. The van der Waals surface area contributed by atoms with Crippen LogP contribution < -0.4 is 5.32 Å². The molecule has 0 aliphatic rings. The largest absolute Gasteiger partial charge is 0.455 e. The lowest BCUT2D eigenvalue weighted by atomic mass is 10.1. The van der Waals surface area contributed by atoms with Crippen molar-refractivity contribution in [1.82, 2.24) is 0 Å². The van der Waals surface area contributed by atoms with Crippen molar-refractivity contribution >= 4 is 46.5 Å². The quantitative estimate of drug-likeness (QED) is 0.452. The van der Waals surface area contributed by atoms with Gasteiger partial charge in [-0.15, -0.1) is 0 Å². The van der Waals surface area contributed by atoms with Gasteiger partial charge >= 0.3 is 5.97 Å². The van der Waals surface area contributed by atoms with E-state index >= 15 is 0 Å². The van der Waals surface area contributed by atoms with Crippen LogP contribution in [-0.2, 0) is 20.7 Å². The Bertz CT molecular complexity index is 870. The molecule has 2 aromatic rings. The van der Waals surface area contributed by atoms with Crippen molar-refractivity contribution in [2.75, 3.05) is 11.9 Å². The molecule has 2 aromatic carbocycles. The SMILES string of the molecule is Cc1cccc([N+](=O)[O-])c1NC(=O)COC(=O)Cc1ccc(Cl)c(Cl)c1. The number of nitro groups is 1. The third kappa shape index (κ3) is 5.18. The summed E-state index contributed by atoms with van der Waals surface area (Å²) in [7, 11) is 0. The zero-order chi connectivity index (χ0) is 19.3. The molecule has 0 unspecified atom stereocenters. The van der Waals surface area contributed by atoms with Gasteiger partial charge in [0, 0.05) is 6.07 Å². The van der Waals surface area contributed by atoms with Crippen molar-refractivity contribution in [3.63, 3.8) is 0 Å². The maximum absolute atomic E-state index is 11.9. The van der Waals surface area contributed by atoms with E-state index < -0.39 is 23.4 Å². The van der Waals surface area contributed by atoms with Gasteiger partial charge in [0.05, 0.1) is 21.4 Å².